The molecule has 0 amide bonds. The number of nitrogens with one attached hydrogen (secondary N) is 2. The van der Waals surface area contributed by atoms with Crippen molar-refractivity contribution in [1.29, 1.82) is 0 Å². The molecule has 2 N–H and O–H groups in total. The van der Waals surface area contributed by atoms with Gasteiger partial charge in [0.05, 0.1) is 5.52 Å². The van der Waals surface area contributed by atoms with Crippen LogP contribution in [0.3, 0.4) is 0 Å². The summed E-state index contributed by atoms with van der Waals surface area (Å²) in [6.07, 6.45) is 0. The molecule has 0 saturated carbocycles. The summed E-state index contributed by atoms with van der Waals surface area (Å²) in [5, 5.41) is 4.00. The Morgan fingerprint density at radius 1 is 1.47 bits per heavy atom. The van der Waals surface area contributed by atoms with Crippen molar-refractivity contribution in [3.05, 3.63) is 34.2 Å². The average molecular weight is 271 g/mol. The maximum Gasteiger partial charge on any atom is 0.147 e. The molecule has 1 aromatic heterocycles. The fraction of sp³-hybridized carbons (Fsp3) is 0.273. The van der Waals surface area contributed by atoms with Gasteiger partial charge in [-0.15, -0.1) is 0 Å². The Bertz CT molecular complexity index is 493. The van der Waals surface area contributed by atoms with E-state index in [0.29, 0.717) is 5.52 Å². The standard InChI is InChI=1S/C11H12BrFN2/c1-6(14-2)10-9(12)7-4-3-5-8(13)11(7)15-10/h3-6,14-15H,1-2H3. The minimum atomic E-state index is -0.220. The summed E-state index contributed by atoms with van der Waals surface area (Å²) in [5.74, 6) is -0.220. The Labute approximate surface area is 96.0 Å². The van der Waals surface area contributed by atoms with Gasteiger partial charge in [0.15, 0.2) is 0 Å². The van der Waals surface area contributed by atoms with Crippen LogP contribution in [0.25, 0.3) is 10.9 Å². The van der Waals surface area contributed by atoms with E-state index >= 15 is 0 Å². The fourth-order valence-electron chi connectivity index (χ4n) is 1.61. The van der Waals surface area contributed by atoms with Gasteiger partial charge in [0.2, 0.25) is 0 Å². The molecule has 0 radical (unpaired) electrons. The highest BCUT2D eigenvalue weighted by Crippen LogP contribution is 2.32. The van der Waals surface area contributed by atoms with Crippen LogP contribution in [0.4, 0.5) is 4.39 Å². The lowest BCUT2D eigenvalue weighted by atomic mass is 10.2. The van der Waals surface area contributed by atoms with Crippen LogP contribution >= 0.6 is 15.9 Å². The number of para-hydroxylation sites is 1. The Balaban J connectivity index is 2.69. The molecule has 2 rings (SSSR count). The van der Waals surface area contributed by atoms with Gasteiger partial charge in [0.25, 0.3) is 0 Å². The summed E-state index contributed by atoms with van der Waals surface area (Å²) in [7, 11) is 1.87. The van der Waals surface area contributed by atoms with E-state index in [1.165, 1.54) is 6.07 Å². The molecule has 80 valence electrons. The van der Waals surface area contributed by atoms with Gasteiger partial charge in [-0.3, -0.25) is 0 Å². The molecule has 0 aliphatic carbocycles. The lowest BCUT2D eigenvalue weighted by Crippen LogP contribution is -2.12. The quantitative estimate of drug-likeness (QED) is 0.861. The fourth-order valence-corrected chi connectivity index (χ4v) is 2.38. The van der Waals surface area contributed by atoms with Gasteiger partial charge < -0.3 is 10.3 Å². The monoisotopic (exact) mass is 270 g/mol. The Morgan fingerprint density at radius 3 is 2.80 bits per heavy atom. The summed E-state index contributed by atoms with van der Waals surface area (Å²) in [5.41, 5.74) is 1.53. The first-order valence-corrected chi connectivity index (χ1v) is 5.57. The zero-order chi connectivity index (χ0) is 11.0. The van der Waals surface area contributed by atoms with E-state index in [1.54, 1.807) is 6.07 Å². The maximum atomic E-state index is 13.5. The number of rotatable bonds is 2. The van der Waals surface area contributed by atoms with Gasteiger partial charge >= 0.3 is 0 Å². The van der Waals surface area contributed by atoms with Crippen molar-refractivity contribution in [3.63, 3.8) is 0 Å². The van der Waals surface area contributed by atoms with Gasteiger partial charge in [-0.25, -0.2) is 4.39 Å². The highest BCUT2D eigenvalue weighted by atomic mass is 79.9. The molecule has 2 aromatic rings. The van der Waals surface area contributed by atoms with Crippen LogP contribution in [0, 0.1) is 5.82 Å². The summed E-state index contributed by atoms with van der Waals surface area (Å²) < 4.78 is 14.4. The number of H-pyrrole nitrogens is 1. The van der Waals surface area contributed by atoms with Gasteiger partial charge in [-0.1, -0.05) is 12.1 Å². The predicted molar refractivity (Wildman–Crippen MR) is 63.4 cm³/mol. The molecule has 0 aliphatic rings. The third kappa shape index (κ3) is 1.68. The van der Waals surface area contributed by atoms with Crippen molar-refractivity contribution < 1.29 is 4.39 Å². The van der Waals surface area contributed by atoms with Crippen LogP contribution < -0.4 is 5.32 Å². The molecule has 0 aliphatic heterocycles. The number of hydrogen-bond donors (Lipinski definition) is 2. The molecule has 0 bridgehead atoms. The molecule has 1 heterocycles. The molecule has 0 spiro atoms. The Morgan fingerprint density at radius 2 is 2.20 bits per heavy atom. The van der Waals surface area contributed by atoms with E-state index in [9.17, 15) is 4.39 Å². The van der Waals surface area contributed by atoms with Crippen molar-refractivity contribution in [2.24, 2.45) is 0 Å². The second-order valence-electron chi connectivity index (χ2n) is 3.53. The Hall–Kier alpha value is -0.870. The molecular formula is C11H12BrFN2. The van der Waals surface area contributed by atoms with Gasteiger partial charge in [0, 0.05) is 21.6 Å². The van der Waals surface area contributed by atoms with E-state index in [0.717, 1.165) is 15.6 Å². The SMILES string of the molecule is CNC(C)c1[nH]c2c(F)cccc2c1Br. The van der Waals surface area contributed by atoms with Gasteiger partial charge in [-0.05, 0) is 36.0 Å². The van der Waals surface area contributed by atoms with E-state index in [1.807, 2.05) is 20.0 Å². The third-order valence-corrected chi connectivity index (χ3v) is 3.47. The molecule has 0 fully saturated rings. The maximum absolute atomic E-state index is 13.5. The first-order valence-electron chi connectivity index (χ1n) is 4.78. The minimum absolute atomic E-state index is 0.158. The number of halogens is 2. The van der Waals surface area contributed by atoms with Gasteiger partial charge in [-0.2, -0.15) is 0 Å². The normalized spacial score (nSPS) is 13.3. The van der Waals surface area contributed by atoms with Crippen LogP contribution in [0.2, 0.25) is 0 Å². The minimum Gasteiger partial charge on any atom is -0.354 e. The molecule has 0 saturated heterocycles. The Kier molecular flexibility index (Phi) is 2.80. The highest BCUT2D eigenvalue weighted by molar-refractivity contribution is 9.10. The summed E-state index contributed by atoms with van der Waals surface area (Å²) in [6.45, 7) is 2.02. The van der Waals surface area contributed by atoms with Crippen molar-refractivity contribution in [1.82, 2.24) is 10.3 Å². The van der Waals surface area contributed by atoms with Crippen LogP contribution in [0.5, 0.6) is 0 Å². The van der Waals surface area contributed by atoms with Gasteiger partial charge in [0.1, 0.15) is 5.82 Å². The summed E-state index contributed by atoms with van der Waals surface area (Å²) in [6, 6.07) is 5.22. The highest BCUT2D eigenvalue weighted by Gasteiger charge is 2.15. The van der Waals surface area contributed by atoms with Crippen LogP contribution in [-0.4, -0.2) is 12.0 Å². The van der Waals surface area contributed by atoms with E-state index in [4.69, 9.17) is 0 Å². The topological polar surface area (TPSA) is 27.8 Å². The smallest absolute Gasteiger partial charge is 0.147 e. The van der Waals surface area contributed by atoms with Crippen LogP contribution in [-0.2, 0) is 0 Å². The van der Waals surface area contributed by atoms with E-state index in [2.05, 4.69) is 26.2 Å². The first-order chi connectivity index (χ1) is 7.15. The zero-order valence-electron chi connectivity index (χ0n) is 8.57. The zero-order valence-corrected chi connectivity index (χ0v) is 10.2. The summed E-state index contributed by atoms with van der Waals surface area (Å²) >= 11 is 3.49. The number of fused-ring (bicyclic) bond motifs is 1. The number of aromatic amines is 1. The molecule has 2 nitrogen and oxygen atoms in total. The molecule has 1 unspecified atom stereocenters. The molecular weight excluding hydrogens is 259 g/mol. The first kappa shape index (κ1) is 10.6. The van der Waals surface area contributed by atoms with Crippen molar-refractivity contribution in [3.8, 4) is 0 Å². The largest absolute Gasteiger partial charge is 0.354 e. The average Bonchev–Trinajstić information content (AvgIpc) is 2.57. The molecule has 15 heavy (non-hydrogen) atoms. The van der Waals surface area contributed by atoms with Crippen molar-refractivity contribution in [2.45, 2.75) is 13.0 Å². The number of aromatic nitrogens is 1. The summed E-state index contributed by atoms with van der Waals surface area (Å²) in [4.78, 5) is 3.10. The number of hydrogen-bond acceptors (Lipinski definition) is 1. The lowest BCUT2D eigenvalue weighted by Gasteiger charge is -2.08. The third-order valence-electron chi connectivity index (χ3n) is 2.61. The second-order valence-corrected chi connectivity index (χ2v) is 4.32. The molecule has 1 aromatic carbocycles. The van der Waals surface area contributed by atoms with Crippen LogP contribution in [0.1, 0.15) is 18.7 Å². The second kappa shape index (κ2) is 3.94. The van der Waals surface area contributed by atoms with Crippen molar-refractivity contribution in [2.75, 3.05) is 7.05 Å². The van der Waals surface area contributed by atoms with Crippen molar-refractivity contribution >= 4 is 26.8 Å². The van der Waals surface area contributed by atoms with Crippen LogP contribution in [0.15, 0.2) is 22.7 Å². The predicted octanol–water partition coefficient (Wildman–Crippen LogP) is 3.35. The lowest BCUT2D eigenvalue weighted by molar-refractivity contribution is 0.625. The molecule has 4 heteroatoms. The van der Waals surface area contributed by atoms with E-state index in [-0.39, 0.29) is 11.9 Å². The molecule has 1 atom stereocenters. The van der Waals surface area contributed by atoms with E-state index < -0.39 is 0 Å². The number of benzene rings is 1.